The number of primary amides is 1. The van der Waals surface area contributed by atoms with Crippen LogP contribution in [0.5, 0.6) is 0 Å². The van der Waals surface area contributed by atoms with Gasteiger partial charge >= 0.3 is 6.09 Å². The van der Waals surface area contributed by atoms with Crippen molar-refractivity contribution in [2.45, 2.75) is 63.6 Å². The fraction of sp³-hybridized carbons (Fsp3) is 0.909. The number of rotatable bonds is 2. The van der Waals surface area contributed by atoms with Crippen molar-refractivity contribution >= 4 is 21.3 Å². The van der Waals surface area contributed by atoms with Crippen molar-refractivity contribution in [3.05, 3.63) is 0 Å². The first kappa shape index (κ1) is 17.2. The molecule has 0 bridgehead atoms. The lowest BCUT2D eigenvalue weighted by atomic mass is 10.2. The highest BCUT2D eigenvalue weighted by atomic mass is 27.1. The van der Waals surface area contributed by atoms with Crippen molar-refractivity contribution in [3.8, 4) is 0 Å². The Morgan fingerprint density at radius 3 is 1.47 bits per heavy atom. The van der Waals surface area contributed by atoms with Gasteiger partial charge in [-0.15, -0.1) is 0 Å². The molecule has 0 aromatic carbocycles. The predicted molar refractivity (Wildman–Crippen MR) is 67.8 cm³/mol. The van der Waals surface area contributed by atoms with Crippen molar-refractivity contribution < 1.29 is 9.53 Å². The highest BCUT2D eigenvalue weighted by molar-refractivity contribution is 6.38. The van der Waals surface area contributed by atoms with Gasteiger partial charge in [0.1, 0.15) is 5.60 Å². The minimum atomic E-state index is -0.725. The molecule has 0 rings (SSSR count). The van der Waals surface area contributed by atoms with Crippen molar-refractivity contribution in [1.82, 2.24) is 0 Å². The Kier molecular flexibility index (Phi) is 9.19. The first-order valence-corrected chi connectivity index (χ1v) is 7.16. The van der Waals surface area contributed by atoms with Crippen LogP contribution in [0, 0.1) is 0 Å². The average Bonchev–Trinajstić information content (AvgIpc) is 1.76. The Bertz CT molecular complexity index is 168. The second-order valence-corrected chi connectivity index (χ2v) is 9.29. The second-order valence-electron chi connectivity index (χ2n) is 5.56. The van der Waals surface area contributed by atoms with Gasteiger partial charge in [0.2, 0.25) is 15.2 Å². The number of nitrogens with two attached hydrogens (primary N) is 1. The molecule has 0 radical (unpaired) electrons. The van der Waals surface area contributed by atoms with E-state index in [0.717, 1.165) is 9.56 Å². The van der Waals surface area contributed by atoms with E-state index < -0.39 is 11.7 Å². The number of carbonyl (C=O) groups is 1. The number of carbonyl (C=O) groups excluding carboxylic acids is 1. The molecule has 0 fully saturated rings. The summed E-state index contributed by atoms with van der Waals surface area (Å²) in [5.74, 6) is 0. The summed E-state index contributed by atoms with van der Waals surface area (Å²) < 4.78 is 6.60. The van der Waals surface area contributed by atoms with Crippen LogP contribution in [0.4, 0.5) is 4.79 Å². The van der Waals surface area contributed by atoms with E-state index in [2.05, 4.69) is 32.4 Å². The second kappa shape index (κ2) is 8.01. The molecule has 0 saturated heterocycles. The molecule has 1 amide bonds. The third kappa shape index (κ3) is 24.8. The Morgan fingerprint density at radius 1 is 1.13 bits per heavy atom. The van der Waals surface area contributed by atoms with Crippen molar-refractivity contribution in [2.24, 2.45) is 5.73 Å². The maximum atomic E-state index is 10.0. The van der Waals surface area contributed by atoms with Crippen LogP contribution in [0.15, 0.2) is 0 Å². The zero-order valence-corrected chi connectivity index (χ0v) is 12.7. The zero-order chi connectivity index (χ0) is 12.6. The molecule has 0 spiro atoms. The highest BCUT2D eigenvalue weighted by Crippen LogP contribution is 2.07. The van der Waals surface area contributed by atoms with Crippen LogP contribution >= 0.6 is 0 Å². The number of hydrogen-bond acceptors (Lipinski definition) is 2. The van der Waals surface area contributed by atoms with Gasteiger partial charge in [0.25, 0.3) is 0 Å². The van der Waals surface area contributed by atoms with E-state index in [-0.39, 0.29) is 15.2 Å². The summed E-state index contributed by atoms with van der Waals surface area (Å²) in [7, 11) is 0. The summed E-state index contributed by atoms with van der Waals surface area (Å²) in [4.78, 5) is 10.0. The number of amides is 1. The molecule has 4 heteroatoms. The minimum Gasteiger partial charge on any atom is -0.444 e. The standard InChI is InChI=1S/C5H11NO2.2C3H7.Al.H/c1-5(2,3)8-4(6)7;2*1-3-2;;/h1-3H3,(H2,6,7);2*3H,1-2H3;;. The molecular weight excluding hydrogens is 205 g/mol. The maximum absolute atomic E-state index is 10.0. The van der Waals surface area contributed by atoms with E-state index in [1.54, 1.807) is 20.8 Å². The largest absolute Gasteiger partial charge is 0.444 e. The van der Waals surface area contributed by atoms with Gasteiger partial charge in [-0.2, -0.15) is 0 Å². The zero-order valence-electron chi connectivity index (χ0n) is 11.3. The molecule has 0 saturated carbocycles. The normalized spacial score (nSPS) is 10.7. The van der Waals surface area contributed by atoms with Crippen LogP contribution in [0.1, 0.15) is 48.5 Å². The van der Waals surface area contributed by atoms with E-state index in [0.29, 0.717) is 0 Å². The lowest BCUT2D eigenvalue weighted by Crippen LogP contribution is -2.27. The molecule has 0 atom stereocenters. The quantitative estimate of drug-likeness (QED) is 0.743. The van der Waals surface area contributed by atoms with E-state index in [1.165, 1.54) is 0 Å². The van der Waals surface area contributed by atoms with E-state index in [1.807, 2.05) is 0 Å². The fourth-order valence-corrected chi connectivity index (χ4v) is 3.13. The Hall–Kier alpha value is -0.198. The van der Waals surface area contributed by atoms with Crippen molar-refractivity contribution in [1.29, 1.82) is 0 Å². The fourth-order valence-electron chi connectivity index (χ4n) is 1.24. The summed E-state index contributed by atoms with van der Waals surface area (Å²) in [5.41, 5.74) is 4.26. The van der Waals surface area contributed by atoms with E-state index in [4.69, 9.17) is 5.73 Å². The van der Waals surface area contributed by atoms with Crippen LogP contribution in [0.3, 0.4) is 0 Å². The Balaban J connectivity index is 0. The topological polar surface area (TPSA) is 52.3 Å². The van der Waals surface area contributed by atoms with Crippen LogP contribution in [-0.2, 0) is 4.74 Å². The molecule has 0 aliphatic carbocycles. The van der Waals surface area contributed by atoms with Gasteiger partial charge in [0.15, 0.2) is 0 Å². The monoisotopic (exact) mass is 231 g/mol. The Labute approximate surface area is 100 Å². The summed E-state index contributed by atoms with van der Waals surface area (Å²) in [5, 5.41) is 0. The van der Waals surface area contributed by atoms with Gasteiger partial charge in [-0.05, 0) is 20.8 Å². The number of hydrogen-bond donors (Lipinski definition) is 1. The van der Waals surface area contributed by atoms with Gasteiger partial charge in [-0.25, -0.2) is 4.79 Å². The molecule has 90 valence electrons. The van der Waals surface area contributed by atoms with Gasteiger partial charge < -0.3 is 10.5 Å². The van der Waals surface area contributed by atoms with Crippen molar-refractivity contribution in [2.75, 3.05) is 0 Å². The summed E-state index contributed by atoms with van der Waals surface area (Å²) in [6.45, 7) is 14.6. The van der Waals surface area contributed by atoms with Gasteiger partial charge in [0, 0.05) is 0 Å². The summed E-state index contributed by atoms with van der Waals surface area (Å²) in [6.07, 6.45) is -0.725. The average molecular weight is 231 g/mol. The van der Waals surface area contributed by atoms with Crippen LogP contribution in [-0.4, -0.2) is 26.9 Å². The molecule has 15 heavy (non-hydrogen) atoms. The van der Waals surface area contributed by atoms with E-state index in [9.17, 15) is 4.79 Å². The van der Waals surface area contributed by atoms with Gasteiger partial charge in [0.05, 0.1) is 0 Å². The first-order valence-electron chi connectivity index (χ1n) is 5.53. The highest BCUT2D eigenvalue weighted by Gasteiger charge is 2.12. The number of ether oxygens (including phenoxy) is 1. The minimum absolute atomic E-state index is 0.281. The molecule has 0 heterocycles. The molecule has 0 aromatic rings. The first-order chi connectivity index (χ1) is 6.54. The predicted octanol–water partition coefficient (Wildman–Crippen LogP) is 2.96. The summed E-state index contributed by atoms with van der Waals surface area (Å²) in [6, 6.07) is 0. The molecule has 3 nitrogen and oxygen atoms in total. The lowest BCUT2D eigenvalue weighted by Gasteiger charge is -2.16. The van der Waals surface area contributed by atoms with Crippen molar-refractivity contribution in [3.63, 3.8) is 0 Å². The third-order valence-corrected chi connectivity index (χ3v) is 3.24. The van der Waals surface area contributed by atoms with Gasteiger partial charge in [-0.3, -0.25) is 0 Å². The van der Waals surface area contributed by atoms with Gasteiger partial charge in [-0.1, -0.05) is 37.3 Å². The molecule has 0 unspecified atom stereocenters. The maximum Gasteiger partial charge on any atom is 0.405 e. The Morgan fingerprint density at radius 2 is 1.47 bits per heavy atom. The summed E-state index contributed by atoms with van der Waals surface area (Å²) >= 11 is 0.281. The lowest BCUT2D eigenvalue weighted by molar-refractivity contribution is 0.0600. The molecule has 0 aliphatic heterocycles. The van der Waals surface area contributed by atoms with Crippen LogP contribution in [0.2, 0.25) is 9.56 Å². The molecular formula is C11H26AlNO2. The molecule has 2 N–H and O–H groups in total. The molecule has 0 aromatic heterocycles. The third-order valence-electron chi connectivity index (χ3n) is 1.35. The molecule has 0 aliphatic rings. The van der Waals surface area contributed by atoms with E-state index >= 15 is 0 Å². The van der Waals surface area contributed by atoms with Crippen LogP contribution in [0.25, 0.3) is 0 Å². The smallest absolute Gasteiger partial charge is 0.405 e. The van der Waals surface area contributed by atoms with Crippen LogP contribution < -0.4 is 5.73 Å². The SMILES string of the molecule is CC(C)(C)OC(N)=O.C[CH](C)[AlH][CH](C)C.